The predicted molar refractivity (Wildman–Crippen MR) is 85.9 cm³/mol. The highest BCUT2D eigenvalue weighted by molar-refractivity contribution is 6.26. The third-order valence-corrected chi connectivity index (χ3v) is 4.29. The Bertz CT molecular complexity index is 648. The molecular formula is C18H22N2O2. The van der Waals surface area contributed by atoms with Gasteiger partial charge in [-0.3, -0.25) is 14.5 Å². The van der Waals surface area contributed by atoms with E-state index < -0.39 is 0 Å². The molecule has 1 aromatic carbocycles. The maximum atomic E-state index is 12.9. The number of allylic oxidation sites excluding steroid dienone is 1. The van der Waals surface area contributed by atoms with Gasteiger partial charge in [-0.05, 0) is 19.4 Å². The van der Waals surface area contributed by atoms with Gasteiger partial charge in [0.25, 0.3) is 0 Å². The van der Waals surface area contributed by atoms with Crippen LogP contribution in [0.3, 0.4) is 0 Å². The van der Waals surface area contributed by atoms with Crippen LogP contribution in [0, 0.1) is 0 Å². The van der Waals surface area contributed by atoms with Gasteiger partial charge in [-0.15, -0.1) is 0 Å². The summed E-state index contributed by atoms with van der Waals surface area (Å²) in [5.74, 6) is 0.0295. The summed E-state index contributed by atoms with van der Waals surface area (Å²) < 4.78 is 0. The minimum absolute atomic E-state index is 0.00907. The molecule has 0 atom stereocenters. The number of nitrogens with zero attached hydrogens (tertiary/aromatic N) is 2. The summed E-state index contributed by atoms with van der Waals surface area (Å²) in [6.45, 7) is 7.31. The van der Waals surface area contributed by atoms with Crippen molar-refractivity contribution in [3.63, 3.8) is 0 Å². The number of rotatable bonds is 4. The van der Waals surface area contributed by atoms with Gasteiger partial charge in [-0.2, -0.15) is 0 Å². The number of ketones is 2. The van der Waals surface area contributed by atoms with Crippen molar-refractivity contribution in [1.82, 2.24) is 9.80 Å². The summed E-state index contributed by atoms with van der Waals surface area (Å²) in [4.78, 5) is 30.1. The summed E-state index contributed by atoms with van der Waals surface area (Å²) in [5.41, 5.74) is 2.42. The second-order valence-electron chi connectivity index (χ2n) is 5.99. The second kappa shape index (κ2) is 6.05. The van der Waals surface area contributed by atoms with E-state index in [1.54, 1.807) is 12.1 Å². The molecule has 2 aliphatic rings. The Labute approximate surface area is 131 Å². The lowest BCUT2D eigenvalue weighted by Gasteiger charge is -2.40. The minimum Gasteiger partial charge on any atom is -0.355 e. The molecule has 0 radical (unpaired) electrons. The van der Waals surface area contributed by atoms with Crippen LogP contribution in [-0.4, -0.2) is 47.7 Å². The lowest BCUT2D eigenvalue weighted by molar-refractivity contribution is 0.0837. The molecule has 0 N–H and O–H groups in total. The average molecular weight is 298 g/mol. The van der Waals surface area contributed by atoms with Crippen LogP contribution in [0.5, 0.6) is 0 Å². The standard InChI is InChI=1S/C18H22N2O2/c1-3-9-19-11-15-16(20(12-19)10-4-2)18(22)14-8-6-5-7-13(14)17(15)21/h5-8H,3-4,9-12H2,1-2H3. The molecule has 0 spiro atoms. The first-order chi connectivity index (χ1) is 10.7. The molecule has 0 unspecified atom stereocenters. The first-order valence-corrected chi connectivity index (χ1v) is 8.06. The molecule has 0 saturated heterocycles. The molecule has 1 aliphatic carbocycles. The maximum absolute atomic E-state index is 12.9. The molecular weight excluding hydrogens is 276 g/mol. The first-order valence-electron chi connectivity index (χ1n) is 8.06. The highest BCUT2D eigenvalue weighted by atomic mass is 16.1. The number of Topliss-reactive ketones (excluding diaryl/α,β-unsaturated/α-hetero) is 2. The number of fused-ring (bicyclic) bond motifs is 1. The van der Waals surface area contributed by atoms with Crippen LogP contribution in [0.4, 0.5) is 0 Å². The van der Waals surface area contributed by atoms with Crippen LogP contribution in [0.25, 0.3) is 0 Å². The third kappa shape index (κ3) is 2.37. The van der Waals surface area contributed by atoms with E-state index in [2.05, 4.69) is 23.6 Å². The van der Waals surface area contributed by atoms with Gasteiger partial charge in [0, 0.05) is 29.8 Å². The Morgan fingerprint density at radius 2 is 1.59 bits per heavy atom. The summed E-state index contributed by atoms with van der Waals surface area (Å²) in [7, 11) is 0. The average Bonchev–Trinajstić information content (AvgIpc) is 2.53. The molecule has 0 amide bonds. The number of hydrogen-bond donors (Lipinski definition) is 0. The summed E-state index contributed by atoms with van der Waals surface area (Å²) in [6, 6.07) is 7.18. The number of benzene rings is 1. The van der Waals surface area contributed by atoms with Crippen molar-refractivity contribution < 1.29 is 9.59 Å². The molecule has 1 heterocycles. The molecule has 1 aliphatic heterocycles. The highest BCUT2D eigenvalue weighted by Crippen LogP contribution is 2.31. The fourth-order valence-electron chi connectivity index (χ4n) is 3.40. The Kier molecular flexibility index (Phi) is 4.12. The van der Waals surface area contributed by atoms with Crippen molar-refractivity contribution in [2.75, 3.05) is 26.3 Å². The highest BCUT2D eigenvalue weighted by Gasteiger charge is 2.38. The normalized spacial score (nSPS) is 18.5. The fraction of sp³-hybridized carbons (Fsp3) is 0.444. The Hall–Kier alpha value is -1.94. The second-order valence-corrected chi connectivity index (χ2v) is 5.99. The summed E-state index contributed by atoms with van der Waals surface area (Å²) in [6.07, 6.45) is 2.00. The van der Waals surface area contributed by atoms with Gasteiger partial charge < -0.3 is 4.90 Å². The van der Waals surface area contributed by atoms with Gasteiger partial charge >= 0.3 is 0 Å². The first kappa shape index (κ1) is 15.0. The zero-order valence-corrected chi connectivity index (χ0v) is 13.3. The van der Waals surface area contributed by atoms with Crippen molar-refractivity contribution in [1.29, 1.82) is 0 Å². The molecule has 4 nitrogen and oxygen atoms in total. The molecule has 116 valence electrons. The molecule has 0 aromatic heterocycles. The molecule has 3 rings (SSSR count). The van der Waals surface area contributed by atoms with Gasteiger partial charge in [0.15, 0.2) is 5.78 Å². The van der Waals surface area contributed by atoms with Crippen LogP contribution >= 0.6 is 0 Å². The zero-order valence-electron chi connectivity index (χ0n) is 13.3. The van der Waals surface area contributed by atoms with Crippen molar-refractivity contribution in [3.05, 3.63) is 46.7 Å². The van der Waals surface area contributed by atoms with E-state index in [-0.39, 0.29) is 11.6 Å². The molecule has 0 bridgehead atoms. The van der Waals surface area contributed by atoms with Gasteiger partial charge in [0.1, 0.15) is 0 Å². The number of carbonyl (C=O) groups is 2. The van der Waals surface area contributed by atoms with E-state index >= 15 is 0 Å². The van der Waals surface area contributed by atoms with Gasteiger partial charge in [-0.1, -0.05) is 38.1 Å². The Balaban J connectivity index is 2.06. The molecule has 1 aromatic rings. The molecule has 0 saturated carbocycles. The molecule has 0 fully saturated rings. The molecule has 4 heteroatoms. The van der Waals surface area contributed by atoms with Crippen LogP contribution < -0.4 is 0 Å². The summed E-state index contributed by atoms with van der Waals surface area (Å²) >= 11 is 0. The van der Waals surface area contributed by atoms with E-state index in [0.29, 0.717) is 28.9 Å². The smallest absolute Gasteiger partial charge is 0.210 e. The predicted octanol–water partition coefficient (Wildman–Crippen LogP) is 2.71. The quantitative estimate of drug-likeness (QED) is 0.857. The van der Waals surface area contributed by atoms with Crippen molar-refractivity contribution in [3.8, 4) is 0 Å². The largest absolute Gasteiger partial charge is 0.355 e. The van der Waals surface area contributed by atoms with Crippen molar-refractivity contribution in [2.45, 2.75) is 26.7 Å². The van der Waals surface area contributed by atoms with Crippen molar-refractivity contribution in [2.24, 2.45) is 0 Å². The van der Waals surface area contributed by atoms with Crippen molar-refractivity contribution >= 4 is 11.6 Å². The SMILES string of the molecule is CCCN1CC2=C(C(=O)c3ccccc3C2=O)N(CCC)C1. The molecule has 22 heavy (non-hydrogen) atoms. The van der Waals surface area contributed by atoms with E-state index in [1.807, 2.05) is 12.1 Å². The lowest BCUT2D eigenvalue weighted by atomic mass is 9.85. The van der Waals surface area contributed by atoms with E-state index in [4.69, 9.17) is 0 Å². The number of carbonyl (C=O) groups excluding carboxylic acids is 2. The van der Waals surface area contributed by atoms with Crippen LogP contribution in [0.1, 0.15) is 47.4 Å². The summed E-state index contributed by atoms with van der Waals surface area (Å²) in [5, 5.41) is 0. The third-order valence-electron chi connectivity index (χ3n) is 4.29. The van der Waals surface area contributed by atoms with Crippen LogP contribution in [0.15, 0.2) is 35.5 Å². The van der Waals surface area contributed by atoms with E-state index in [1.165, 1.54) is 0 Å². The van der Waals surface area contributed by atoms with Gasteiger partial charge in [0.2, 0.25) is 5.78 Å². The number of hydrogen-bond acceptors (Lipinski definition) is 4. The fourth-order valence-corrected chi connectivity index (χ4v) is 3.40. The Morgan fingerprint density at radius 3 is 2.23 bits per heavy atom. The van der Waals surface area contributed by atoms with E-state index in [0.717, 1.165) is 32.6 Å². The van der Waals surface area contributed by atoms with Crippen LogP contribution in [-0.2, 0) is 0 Å². The van der Waals surface area contributed by atoms with Crippen LogP contribution in [0.2, 0.25) is 0 Å². The van der Waals surface area contributed by atoms with E-state index in [9.17, 15) is 9.59 Å². The minimum atomic E-state index is 0.00907. The Morgan fingerprint density at radius 1 is 0.955 bits per heavy atom. The lowest BCUT2D eigenvalue weighted by Crippen LogP contribution is -2.49. The maximum Gasteiger partial charge on any atom is 0.210 e. The zero-order chi connectivity index (χ0) is 15.7. The van der Waals surface area contributed by atoms with Gasteiger partial charge in [0.05, 0.1) is 12.4 Å². The monoisotopic (exact) mass is 298 g/mol. The topological polar surface area (TPSA) is 40.6 Å². The van der Waals surface area contributed by atoms with Gasteiger partial charge in [-0.25, -0.2) is 0 Å².